The van der Waals surface area contributed by atoms with Crippen molar-refractivity contribution in [2.45, 2.75) is 5.92 Å². The van der Waals surface area contributed by atoms with Gasteiger partial charge in [-0.15, -0.1) is 0 Å². The van der Waals surface area contributed by atoms with Crippen molar-refractivity contribution in [1.29, 1.82) is 0 Å². The van der Waals surface area contributed by atoms with E-state index in [1.165, 1.54) is 7.11 Å². The lowest BCUT2D eigenvalue weighted by molar-refractivity contribution is -0.136. The predicted molar refractivity (Wildman–Crippen MR) is 83.7 cm³/mol. The maximum atomic E-state index is 11.7. The van der Waals surface area contributed by atoms with Gasteiger partial charge in [-0.25, -0.2) is 4.79 Å². The van der Waals surface area contributed by atoms with Crippen molar-refractivity contribution in [2.75, 3.05) is 7.11 Å². The SMILES string of the molecule is C=C(C(=O)OC)[C@H](C#Cc1ccccc1)c1ccccc1. The Labute approximate surface area is 125 Å². The molecule has 0 aliphatic carbocycles. The highest BCUT2D eigenvalue weighted by Crippen LogP contribution is 2.23. The molecule has 0 spiro atoms. The van der Waals surface area contributed by atoms with Gasteiger partial charge in [-0.2, -0.15) is 0 Å². The molecule has 21 heavy (non-hydrogen) atoms. The number of rotatable bonds is 3. The molecule has 0 bridgehead atoms. The lowest BCUT2D eigenvalue weighted by Gasteiger charge is -2.12. The molecule has 2 heteroatoms. The molecule has 0 N–H and O–H groups in total. The molecule has 104 valence electrons. The van der Waals surface area contributed by atoms with E-state index in [0.717, 1.165) is 11.1 Å². The molecular formula is C19H16O2. The molecule has 0 aromatic heterocycles. The van der Waals surface area contributed by atoms with Crippen LogP contribution in [0.25, 0.3) is 0 Å². The molecule has 0 unspecified atom stereocenters. The van der Waals surface area contributed by atoms with Crippen LogP contribution >= 0.6 is 0 Å². The summed E-state index contributed by atoms with van der Waals surface area (Å²) in [6.45, 7) is 3.84. The van der Waals surface area contributed by atoms with Crippen molar-refractivity contribution in [3.63, 3.8) is 0 Å². The average Bonchev–Trinajstić information content (AvgIpc) is 2.56. The van der Waals surface area contributed by atoms with Crippen LogP contribution < -0.4 is 0 Å². The van der Waals surface area contributed by atoms with Gasteiger partial charge in [0.2, 0.25) is 0 Å². The Bertz CT molecular complexity index is 676. The Kier molecular flexibility index (Phi) is 4.95. The van der Waals surface area contributed by atoms with Crippen LogP contribution in [0.3, 0.4) is 0 Å². The second-order valence-electron chi connectivity index (χ2n) is 4.50. The van der Waals surface area contributed by atoms with Crippen LogP contribution in [0.4, 0.5) is 0 Å². The highest BCUT2D eigenvalue weighted by molar-refractivity contribution is 5.90. The van der Waals surface area contributed by atoms with Crippen LogP contribution in [-0.4, -0.2) is 13.1 Å². The Morgan fingerprint density at radius 1 is 1.05 bits per heavy atom. The normalized spacial score (nSPS) is 10.9. The lowest BCUT2D eigenvalue weighted by Crippen LogP contribution is -2.11. The summed E-state index contributed by atoms with van der Waals surface area (Å²) in [4.78, 5) is 11.7. The van der Waals surface area contributed by atoms with E-state index in [1.807, 2.05) is 60.7 Å². The Morgan fingerprint density at radius 2 is 1.62 bits per heavy atom. The number of hydrogen-bond donors (Lipinski definition) is 0. The summed E-state index contributed by atoms with van der Waals surface area (Å²) in [5.74, 6) is 5.39. The van der Waals surface area contributed by atoms with E-state index < -0.39 is 5.97 Å². The third-order valence-corrected chi connectivity index (χ3v) is 3.06. The van der Waals surface area contributed by atoms with Crippen LogP contribution in [0, 0.1) is 11.8 Å². The topological polar surface area (TPSA) is 26.3 Å². The minimum Gasteiger partial charge on any atom is -0.466 e. The van der Waals surface area contributed by atoms with E-state index in [1.54, 1.807) is 0 Å². The molecule has 0 aliphatic heterocycles. The fourth-order valence-corrected chi connectivity index (χ4v) is 1.94. The molecule has 0 heterocycles. The fraction of sp³-hybridized carbons (Fsp3) is 0.105. The molecule has 0 aliphatic rings. The van der Waals surface area contributed by atoms with Crippen LogP contribution in [0.2, 0.25) is 0 Å². The first-order valence-electron chi connectivity index (χ1n) is 6.61. The van der Waals surface area contributed by atoms with Gasteiger partial charge in [0.15, 0.2) is 0 Å². The number of ether oxygens (including phenoxy) is 1. The van der Waals surface area contributed by atoms with Crippen molar-refractivity contribution >= 4 is 5.97 Å². The van der Waals surface area contributed by atoms with Crippen molar-refractivity contribution < 1.29 is 9.53 Å². The molecule has 0 fully saturated rings. The summed E-state index contributed by atoms with van der Waals surface area (Å²) in [5, 5.41) is 0. The first-order valence-corrected chi connectivity index (χ1v) is 6.61. The van der Waals surface area contributed by atoms with Crippen LogP contribution in [0.15, 0.2) is 72.8 Å². The Balaban J connectivity index is 2.36. The molecule has 2 aromatic carbocycles. The molecule has 0 saturated carbocycles. The van der Waals surface area contributed by atoms with Gasteiger partial charge in [0.1, 0.15) is 0 Å². The summed E-state index contributed by atoms with van der Waals surface area (Å²) < 4.78 is 4.76. The molecule has 2 rings (SSSR count). The summed E-state index contributed by atoms with van der Waals surface area (Å²) in [6, 6.07) is 19.3. The third kappa shape index (κ3) is 3.84. The molecule has 1 atom stereocenters. The summed E-state index contributed by atoms with van der Waals surface area (Å²) >= 11 is 0. The first kappa shape index (κ1) is 14.6. The minimum atomic E-state index is -0.439. The molecular weight excluding hydrogens is 260 g/mol. The zero-order chi connectivity index (χ0) is 15.1. The number of esters is 1. The fourth-order valence-electron chi connectivity index (χ4n) is 1.94. The van der Waals surface area contributed by atoms with Crippen LogP contribution in [0.1, 0.15) is 17.0 Å². The quantitative estimate of drug-likeness (QED) is 0.487. The van der Waals surface area contributed by atoms with E-state index in [0.29, 0.717) is 5.57 Å². The van der Waals surface area contributed by atoms with Gasteiger partial charge in [0, 0.05) is 11.1 Å². The van der Waals surface area contributed by atoms with E-state index >= 15 is 0 Å². The highest BCUT2D eigenvalue weighted by Gasteiger charge is 2.19. The van der Waals surface area contributed by atoms with Crippen molar-refractivity contribution in [2.24, 2.45) is 0 Å². The summed E-state index contributed by atoms with van der Waals surface area (Å²) in [6.07, 6.45) is 0. The minimum absolute atomic E-state index is 0.340. The van der Waals surface area contributed by atoms with Gasteiger partial charge in [-0.3, -0.25) is 0 Å². The zero-order valence-electron chi connectivity index (χ0n) is 11.9. The zero-order valence-corrected chi connectivity index (χ0v) is 11.9. The van der Waals surface area contributed by atoms with E-state index in [9.17, 15) is 4.79 Å². The van der Waals surface area contributed by atoms with Crippen molar-refractivity contribution in [3.8, 4) is 11.8 Å². The van der Waals surface area contributed by atoms with Gasteiger partial charge in [-0.1, -0.05) is 67.0 Å². The van der Waals surface area contributed by atoms with Gasteiger partial charge < -0.3 is 4.74 Å². The van der Waals surface area contributed by atoms with Gasteiger partial charge in [0.05, 0.1) is 13.0 Å². The number of methoxy groups -OCH3 is 1. The van der Waals surface area contributed by atoms with E-state index in [4.69, 9.17) is 4.74 Å². The highest BCUT2D eigenvalue weighted by atomic mass is 16.5. The maximum absolute atomic E-state index is 11.7. The molecule has 0 amide bonds. The van der Waals surface area contributed by atoms with Crippen LogP contribution in [-0.2, 0) is 9.53 Å². The number of hydrogen-bond acceptors (Lipinski definition) is 2. The van der Waals surface area contributed by atoms with Gasteiger partial charge >= 0.3 is 5.97 Å². The Morgan fingerprint density at radius 3 is 2.19 bits per heavy atom. The number of benzene rings is 2. The van der Waals surface area contributed by atoms with Crippen molar-refractivity contribution in [1.82, 2.24) is 0 Å². The van der Waals surface area contributed by atoms with Gasteiger partial charge in [0.25, 0.3) is 0 Å². The second-order valence-corrected chi connectivity index (χ2v) is 4.50. The Hall–Kier alpha value is -2.79. The maximum Gasteiger partial charge on any atom is 0.334 e. The first-order chi connectivity index (χ1) is 10.2. The van der Waals surface area contributed by atoms with Crippen LogP contribution in [0.5, 0.6) is 0 Å². The lowest BCUT2D eigenvalue weighted by atomic mass is 9.92. The average molecular weight is 276 g/mol. The number of carbonyl (C=O) groups is 1. The number of carbonyl (C=O) groups excluding carboxylic acids is 1. The van der Waals surface area contributed by atoms with Gasteiger partial charge in [-0.05, 0) is 17.7 Å². The smallest absolute Gasteiger partial charge is 0.334 e. The van der Waals surface area contributed by atoms with Crippen molar-refractivity contribution in [3.05, 3.63) is 83.9 Å². The van der Waals surface area contributed by atoms with E-state index in [2.05, 4.69) is 18.4 Å². The molecule has 2 aromatic rings. The molecule has 0 saturated heterocycles. The summed E-state index contributed by atoms with van der Waals surface area (Å²) in [5.41, 5.74) is 2.17. The molecule has 0 radical (unpaired) electrons. The summed E-state index contributed by atoms with van der Waals surface area (Å²) in [7, 11) is 1.35. The van der Waals surface area contributed by atoms with E-state index in [-0.39, 0.29) is 5.92 Å². The standard InChI is InChI=1S/C19H16O2/c1-15(19(20)21-2)18(17-11-7-4-8-12-17)14-13-16-9-5-3-6-10-16/h3-12,18H,1H2,2H3/t18-/m0/s1. The third-order valence-electron chi connectivity index (χ3n) is 3.06. The monoisotopic (exact) mass is 276 g/mol. The molecule has 2 nitrogen and oxygen atoms in total. The predicted octanol–water partition coefficient (Wildman–Crippen LogP) is 3.55. The largest absolute Gasteiger partial charge is 0.466 e. The second kappa shape index (κ2) is 7.12.